The number of rotatable bonds is 3. The molecule has 0 saturated carbocycles. The van der Waals surface area contributed by atoms with E-state index in [-0.39, 0.29) is 23.7 Å². The van der Waals surface area contributed by atoms with Crippen LogP contribution in [0.2, 0.25) is 0 Å². The van der Waals surface area contributed by atoms with Crippen LogP contribution in [0.15, 0.2) is 35.1 Å². The SMILES string of the molecule is O=C(C1CCCO1)N1CCCC(n2nnn(-c3ccccc3)c2=O)C1. The summed E-state index contributed by atoms with van der Waals surface area (Å²) < 4.78 is 8.20. The van der Waals surface area contributed by atoms with Gasteiger partial charge >= 0.3 is 5.69 Å². The average molecular weight is 343 g/mol. The summed E-state index contributed by atoms with van der Waals surface area (Å²) in [6.45, 7) is 1.83. The van der Waals surface area contributed by atoms with Crippen molar-refractivity contribution in [2.75, 3.05) is 19.7 Å². The Labute approximate surface area is 145 Å². The fourth-order valence-electron chi connectivity index (χ4n) is 3.55. The molecular formula is C17H21N5O3. The molecule has 2 atom stereocenters. The second-order valence-corrected chi connectivity index (χ2v) is 6.54. The molecule has 8 nitrogen and oxygen atoms in total. The minimum Gasteiger partial charge on any atom is -0.368 e. The molecule has 2 fully saturated rings. The number of hydrogen-bond donors (Lipinski definition) is 0. The summed E-state index contributed by atoms with van der Waals surface area (Å²) in [6.07, 6.45) is 3.04. The number of benzene rings is 1. The van der Waals surface area contributed by atoms with E-state index in [0.29, 0.717) is 25.4 Å². The van der Waals surface area contributed by atoms with E-state index in [4.69, 9.17) is 4.74 Å². The third kappa shape index (κ3) is 3.09. The number of ether oxygens (including phenoxy) is 1. The lowest BCUT2D eigenvalue weighted by atomic mass is 10.0. The number of nitrogens with zero attached hydrogens (tertiary/aromatic N) is 5. The summed E-state index contributed by atoms with van der Waals surface area (Å²) in [7, 11) is 0. The molecule has 2 aliphatic heterocycles. The van der Waals surface area contributed by atoms with E-state index in [9.17, 15) is 9.59 Å². The number of likely N-dealkylation sites (tertiary alicyclic amines) is 1. The maximum atomic E-state index is 12.7. The largest absolute Gasteiger partial charge is 0.368 e. The van der Waals surface area contributed by atoms with E-state index in [1.54, 1.807) is 4.90 Å². The first-order valence-electron chi connectivity index (χ1n) is 8.74. The normalized spacial score (nSPS) is 23.8. The summed E-state index contributed by atoms with van der Waals surface area (Å²) in [5.41, 5.74) is 0.407. The van der Waals surface area contributed by atoms with E-state index < -0.39 is 0 Å². The van der Waals surface area contributed by atoms with Crippen LogP contribution in [0.25, 0.3) is 5.69 Å². The lowest BCUT2D eigenvalue weighted by Crippen LogP contribution is -2.46. The number of aromatic nitrogens is 4. The number of amides is 1. The Balaban J connectivity index is 1.53. The van der Waals surface area contributed by atoms with Gasteiger partial charge < -0.3 is 9.64 Å². The van der Waals surface area contributed by atoms with Gasteiger partial charge in [-0.25, -0.2) is 4.79 Å². The van der Waals surface area contributed by atoms with Crippen LogP contribution in [0, 0.1) is 0 Å². The molecule has 0 radical (unpaired) electrons. The fourth-order valence-corrected chi connectivity index (χ4v) is 3.55. The van der Waals surface area contributed by atoms with Crippen molar-refractivity contribution in [3.8, 4) is 5.69 Å². The predicted octanol–water partition coefficient (Wildman–Crippen LogP) is 0.771. The Morgan fingerprint density at radius 2 is 1.96 bits per heavy atom. The number of piperidine rings is 1. The lowest BCUT2D eigenvalue weighted by Gasteiger charge is -2.33. The maximum Gasteiger partial charge on any atom is 0.368 e. The number of carbonyl (C=O) groups is 1. The van der Waals surface area contributed by atoms with E-state index in [2.05, 4.69) is 10.4 Å². The molecule has 1 aromatic carbocycles. The van der Waals surface area contributed by atoms with Crippen LogP contribution >= 0.6 is 0 Å². The zero-order valence-electron chi connectivity index (χ0n) is 14.0. The summed E-state index contributed by atoms with van der Waals surface area (Å²) >= 11 is 0. The highest BCUT2D eigenvalue weighted by molar-refractivity contribution is 5.81. The van der Waals surface area contributed by atoms with E-state index in [1.165, 1.54) is 9.36 Å². The molecule has 2 unspecified atom stereocenters. The third-order valence-corrected chi connectivity index (χ3v) is 4.86. The van der Waals surface area contributed by atoms with Gasteiger partial charge in [0, 0.05) is 19.7 Å². The zero-order valence-corrected chi connectivity index (χ0v) is 14.0. The van der Waals surface area contributed by atoms with Crippen LogP contribution in [0.4, 0.5) is 0 Å². The average Bonchev–Trinajstić information content (AvgIpc) is 3.32. The molecule has 8 heteroatoms. The minimum absolute atomic E-state index is 0.0331. The van der Waals surface area contributed by atoms with Crippen molar-refractivity contribution in [3.63, 3.8) is 0 Å². The molecule has 1 amide bonds. The van der Waals surface area contributed by atoms with Gasteiger partial charge in [0.15, 0.2) is 0 Å². The van der Waals surface area contributed by atoms with Crippen LogP contribution in [-0.4, -0.2) is 56.4 Å². The van der Waals surface area contributed by atoms with Gasteiger partial charge in [-0.15, -0.1) is 0 Å². The quantitative estimate of drug-likeness (QED) is 0.822. The standard InChI is InChI=1S/C17H21N5O3/c23-16(15-9-5-11-25-15)20-10-4-8-14(12-20)22-17(24)21(18-19-22)13-6-2-1-3-7-13/h1-3,6-7,14-15H,4-5,8-12H2. The molecule has 0 aliphatic carbocycles. The monoisotopic (exact) mass is 343 g/mol. The van der Waals surface area contributed by atoms with Crippen LogP contribution in [-0.2, 0) is 9.53 Å². The Morgan fingerprint density at radius 3 is 2.72 bits per heavy atom. The van der Waals surface area contributed by atoms with Crippen LogP contribution in [0.1, 0.15) is 31.7 Å². The van der Waals surface area contributed by atoms with Gasteiger partial charge in [-0.2, -0.15) is 9.36 Å². The maximum absolute atomic E-state index is 12.7. The minimum atomic E-state index is -0.324. The molecule has 2 aromatic rings. The van der Waals surface area contributed by atoms with Crippen molar-refractivity contribution in [1.29, 1.82) is 0 Å². The number of tetrazole rings is 1. The predicted molar refractivity (Wildman–Crippen MR) is 89.4 cm³/mol. The molecule has 0 bridgehead atoms. The highest BCUT2D eigenvalue weighted by Crippen LogP contribution is 2.22. The van der Waals surface area contributed by atoms with Gasteiger partial charge in [0.2, 0.25) is 0 Å². The van der Waals surface area contributed by atoms with E-state index in [1.807, 2.05) is 30.3 Å². The van der Waals surface area contributed by atoms with Gasteiger partial charge in [-0.1, -0.05) is 18.2 Å². The summed E-state index contributed by atoms with van der Waals surface area (Å²) in [5, 5.41) is 8.05. The molecule has 0 N–H and O–H groups in total. The van der Waals surface area contributed by atoms with E-state index in [0.717, 1.165) is 25.7 Å². The smallest absolute Gasteiger partial charge is 0.368 e. The second kappa shape index (κ2) is 6.79. The highest BCUT2D eigenvalue weighted by atomic mass is 16.5. The Hall–Kier alpha value is -2.48. The van der Waals surface area contributed by atoms with Crippen molar-refractivity contribution in [2.24, 2.45) is 0 Å². The molecule has 4 rings (SSSR count). The Bertz CT molecular complexity index is 794. The van der Waals surface area contributed by atoms with Crippen LogP contribution in [0.3, 0.4) is 0 Å². The molecular weight excluding hydrogens is 322 g/mol. The van der Waals surface area contributed by atoms with Crippen molar-refractivity contribution >= 4 is 5.91 Å². The van der Waals surface area contributed by atoms with Crippen molar-refractivity contribution in [1.82, 2.24) is 24.7 Å². The summed E-state index contributed by atoms with van der Waals surface area (Å²) in [5.74, 6) is 0.0331. The molecule has 3 heterocycles. The first-order valence-corrected chi connectivity index (χ1v) is 8.74. The number of carbonyl (C=O) groups excluding carboxylic acids is 1. The van der Waals surface area contributed by atoms with Crippen molar-refractivity contribution in [3.05, 3.63) is 40.8 Å². The molecule has 25 heavy (non-hydrogen) atoms. The second-order valence-electron chi connectivity index (χ2n) is 6.54. The van der Waals surface area contributed by atoms with Crippen LogP contribution in [0.5, 0.6) is 0 Å². The first-order chi connectivity index (χ1) is 12.2. The number of para-hydroxylation sites is 1. The number of hydrogen-bond acceptors (Lipinski definition) is 5. The van der Waals surface area contributed by atoms with Crippen LogP contribution < -0.4 is 5.69 Å². The van der Waals surface area contributed by atoms with E-state index >= 15 is 0 Å². The molecule has 2 aliphatic rings. The zero-order chi connectivity index (χ0) is 17.2. The topological polar surface area (TPSA) is 82.2 Å². The van der Waals surface area contributed by atoms with Crippen molar-refractivity contribution < 1.29 is 9.53 Å². The van der Waals surface area contributed by atoms with Gasteiger partial charge in [-0.05, 0) is 48.2 Å². The molecule has 1 aromatic heterocycles. The first kappa shape index (κ1) is 16.0. The molecule has 0 spiro atoms. The molecule has 132 valence electrons. The lowest BCUT2D eigenvalue weighted by molar-refractivity contribution is -0.142. The summed E-state index contributed by atoms with van der Waals surface area (Å²) in [6, 6.07) is 9.06. The van der Waals surface area contributed by atoms with Gasteiger partial charge in [-0.3, -0.25) is 4.79 Å². The Morgan fingerprint density at radius 1 is 1.12 bits per heavy atom. The van der Waals surface area contributed by atoms with Gasteiger partial charge in [0.05, 0.1) is 11.7 Å². The van der Waals surface area contributed by atoms with Gasteiger partial charge in [0.25, 0.3) is 5.91 Å². The summed E-state index contributed by atoms with van der Waals surface area (Å²) in [4.78, 5) is 27.0. The highest BCUT2D eigenvalue weighted by Gasteiger charge is 2.33. The third-order valence-electron chi connectivity index (χ3n) is 4.86. The Kier molecular flexibility index (Phi) is 4.35. The fraction of sp³-hybridized carbons (Fsp3) is 0.529. The molecule has 2 saturated heterocycles. The van der Waals surface area contributed by atoms with Gasteiger partial charge in [0.1, 0.15) is 6.10 Å². The van der Waals surface area contributed by atoms with Crippen molar-refractivity contribution in [2.45, 2.75) is 37.8 Å².